The second-order valence-corrected chi connectivity index (χ2v) is 6.36. The molecule has 0 bridgehead atoms. The van der Waals surface area contributed by atoms with Crippen LogP contribution in [0.3, 0.4) is 0 Å². The highest BCUT2D eigenvalue weighted by Crippen LogP contribution is 2.32. The van der Waals surface area contributed by atoms with Gasteiger partial charge in [-0.2, -0.15) is 5.10 Å². The van der Waals surface area contributed by atoms with Crippen LogP contribution in [0.5, 0.6) is 0 Å². The summed E-state index contributed by atoms with van der Waals surface area (Å²) in [6.07, 6.45) is 4.46. The Hall–Kier alpha value is -2.37. The lowest BCUT2D eigenvalue weighted by atomic mass is 9.82. The van der Waals surface area contributed by atoms with Crippen LogP contribution in [-0.2, 0) is 6.54 Å². The maximum atomic E-state index is 4.45. The van der Waals surface area contributed by atoms with E-state index in [0.717, 1.165) is 38.6 Å². The third-order valence-electron chi connectivity index (χ3n) is 4.73. The Bertz CT molecular complexity index is 637. The molecule has 1 aromatic carbocycles. The van der Waals surface area contributed by atoms with Crippen LogP contribution in [0.2, 0.25) is 0 Å². The third-order valence-corrected chi connectivity index (χ3v) is 4.73. The summed E-state index contributed by atoms with van der Waals surface area (Å²) < 4.78 is 1.82. The van der Waals surface area contributed by atoms with Crippen LogP contribution in [0.1, 0.15) is 24.8 Å². The van der Waals surface area contributed by atoms with Crippen LogP contribution in [0.25, 0.3) is 0 Å². The Labute approximate surface area is 143 Å². The summed E-state index contributed by atoms with van der Waals surface area (Å²) in [4.78, 5) is 10.8. The summed E-state index contributed by atoms with van der Waals surface area (Å²) in [6, 6.07) is 10.9. The highest BCUT2D eigenvalue weighted by molar-refractivity contribution is 5.80. The Morgan fingerprint density at radius 3 is 2.83 bits per heavy atom. The summed E-state index contributed by atoms with van der Waals surface area (Å²) in [5.41, 5.74) is 1.46. The second-order valence-electron chi connectivity index (χ2n) is 6.36. The van der Waals surface area contributed by atoms with Gasteiger partial charge in [-0.05, 0) is 23.8 Å². The summed E-state index contributed by atoms with van der Waals surface area (Å²) >= 11 is 0. The predicted molar refractivity (Wildman–Crippen MR) is 95.9 cm³/mol. The number of guanidine groups is 1. The first-order chi connectivity index (χ1) is 11.8. The van der Waals surface area contributed by atoms with E-state index in [1.54, 1.807) is 12.7 Å². The summed E-state index contributed by atoms with van der Waals surface area (Å²) in [5, 5.41) is 7.56. The Kier molecular flexibility index (Phi) is 5.46. The van der Waals surface area contributed by atoms with Gasteiger partial charge in [-0.1, -0.05) is 37.3 Å². The van der Waals surface area contributed by atoms with Crippen molar-refractivity contribution in [1.29, 1.82) is 0 Å². The van der Waals surface area contributed by atoms with E-state index in [4.69, 9.17) is 0 Å². The van der Waals surface area contributed by atoms with Crippen molar-refractivity contribution >= 4 is 5.96 Å². The van der Waals surface area contributed by atoms with Crippen molar-refractivity contribution in [3.05, 3.63) is 48.5 Å². The number of benzene rings is 1. The Balaban J connectivity index is 1.53. The van der Waals surface area contributed by atoms with Gasteiger partial charge >= 0.3 is 0 Å². The Morgan fingerprint density at radius 2 is 2.17 bits per heavy atom. The zero-order chi connectivity index (χ0) is 16.8. The van der Waals surface area contributed by atoms with E-state index in [0.29, 0.717) is 11.8 Å². The standard InChI is InChI=1S/C18H26N6/c1-15-12-23(10-8-17(15)16-6-4-3-5-7-16)18(19-2)21-9-11-24-14-20-13-22-24/h3-7,13-15,17H,8-12H2,1-2H3,(H,19,21). The molecule has 2 heterocycles. The van der Waals surface area contributed by atoms with E-state index >= 15 is 0 Å². The molecule has 0 spiro atoms. The maximum absolute atomic E-state index is 4.45. The molecule has 0 saturated carbocycles. The molecule has 6 heteroatoms. The van der Waals surface area contributed by atoms with E-state index in [1.807, 2.05) is 11.7 Å². The number of piperidine rings is 1. The van der Waals surface area contributed by atoms with E-state index in [9.17, 15) is 0 Å². The zero-order valence-electron chi connectivity index (χ0n) is 14.5. The monoisotopic (exact) mass is 326 g/mol. The number of aliphatic imine (C=N–C) groups is 1. The molecule has 1 aliphatic rings. The molecule has 1 aromatic heterocycles. The van der Waals surface area contributed by atoms with Crippen LogP contribution in [0, 0.1) is 5.92 Å². The fraction of sp³-hybridized carbons (Fsp3) is 0.500. The molecule has 1 N–H and O–H groups in total. The minimum Gasteiger partial charge on any atom is -0.354 e. The van der Waals surface area contributed by atoms with Crippen molar-refractivity contribution in [3.63, 3.8) is 0 Å². The fourth-order valence-corrected chi connectivity index (χ4v) is 3.50. The number of hydrogen-bond acceptors (Lipinski definition) is 3. The highest BCUT2D eigenvalue weighted by atomic mass is 15.3. The number of nitrogens with zero attached hydrogens (tertiary/aromatic N) is 5. The molecule has 1 saturated heterocycles. The number of aromatic nitrogens is 3. The van der Waals surface area contributed by atoms with Crippen molar-refractivity contribution in [2.75, 3.05) is 26.7 Å². The van der Waals surface area contributed by atoms with E-state index in [1.165, 1.54) is 5.56 Å². The van der Waals surface area contributed by atoms with Gasteiger partial charge in [0.1, 0.15) is 12.7 Å². The molecule has 0 aliphatic carbocycles. The smallest absolute Gasteiger partial charge is 0.193 e. The van der Waals surface area contributed by atoms with Gasteiger partial charge < -0.3 is 10.2 Å². The normalized spacial score (nSPS) is 21.8. The topological polar surface area (TPSA) is 58.3 Å². The van der Waals surface area contributed by atoms with Crippen molar-refractivity contribution in [2.45, 2.75) is 25.8 Å². The number of likely N-dealkylation sites (tertiary alicyclic amines) is 1. The molecule has 3 rings (SSSR count). The van der Waals surface area contributed by atoms with Crippen molar-refractivity contribution in [3.8, 4) is 0 Å². The van der Waals surface area contributed by atoms with E-state index in [2.05, 4.69) is 62.5 Å². The lowest BCUT2D eigenvalue weighted by molar-refractivity contribution is 0.234. The maximum Gasteiger partial charge on any atom is 0.193 e. The van der Waals surface area contributed by atoms with Gasteiger partial charge in [0.25, 0.3) is 0 Å². The van der Waals surface area contributed by atoms with Gasteiger partial charge in [-0.3, -0.25) is 9.67 Å². The van der Waals surface area contributed by atoms with Crippen LogP contribution in [-0.4, -0.2) is 52.3 Å². The Morgan fingerprint density at radius 1 is 1.33 bits per heavy atom. The molecule has 24 heavy (non-hydrogen) atoms. The zero-order valence-corrected chi connectivity index (χ0v) is 14.5. The first-order valence-electron chi connectivity index (χ1n) is 8.61. The number of nitrogens with one attached hydrogen (secondary N) is 1. The highest BCUT2D eigenvalue weighted by Gasteiger charge is 2.28. The molecule has 1 fully saturated rings. The molecule has 128 valence electrons. The fourth-order valence-electron chi connectivity index (χ4n) is 3.50. The molecule has 2 aromatic rings. The van der Waals surface area contributed by atoms with Gasteiger partial charge in [0.15, 0.2) is 5.96 Å². The minimum absolute atomic E-state index is 0.606. The van der Waals surface area contributed by atoms with Crippen LogP contribution >= 0.6 is 0 Å². The SMILES string of the molecule is CN=C(NCCn1cncn1)N1CCC(c2ccccc2)C(C)C1. The third kappa shape index (κ3) is 3.93. The molecule has 2 atom stereocenters. The molecule has 1 aliphatic heterocycles. The summed E-state index contributed by atoms with van der Waals surface area (Å²) in [6.45, 7) is 5.99. The number of hydrogen-bond donors (Lipinski definition) is 1. The van der Waals surface area contributed by atoms with Gasteiger partial charge in [0.2, 0.25) is 0 Å². The number of rotatable bonds is 4. The minimum atomic E-state index is 0.606. The quantitative estimate of drug-likeness (QED) is 0.689. The average molecular weight is 326 g/mol. The molecule has 2 unspecified atom stereocenters. The van der Waals surface area contributed by atoms with Gasteiger partial charge in [-0.15, -0.1) is 0 Å². The second kappa shape index (κ2) is 7.95. The van der Waals surface area contributed by atoms with Crippen LogP contribution in [0.15, 0.2) is 48.0 Å². The van der Waals surface area contributed by atoms with E-state index in [-0.39, 0.29) is 0 Å². The van der Waals surface area contributed by atoms with Crippen LogP contribution in [0.4, 0.5) is 0 Å². The van der Waals surface area contributed by atoms with Gasteiger partial charge in [0.05, 0.1) is 6.54 Å². The first-order valence-corrected chi connectivity index (χ1v) is 8.61. The lowest BCUT2D eigenvalue weighted by Gasteiger charge is -2.38. The molecule has 6 nitrogen and oxygen atoms in total. The van der Waals surface area contributed by atoms with E-state index < -0.39 is 0 Å². The first kappa shape index (κ1) is 16.5. The molecule has 0 amide bonds. The largest absolute Gasteiger partial charge is 0.354 e. The molecular formula is C18H26N6. The van der Waals surface area contributed by atoms with Gasteiger partial charge in [-0.25, -0.2) is 4.98 Å². The summed E-state index contributed by atoms with van der Waals surface area (Å²) in [5.74, 6) is 2.22. The molecule has 0 radical (unpaired) electrons. The van der Waals surface area contributed by atoms with Crippen molar-refractivity contribution in [1.82, 2.24) is 25.0 Å². The van der Waals surface area contributed by atoms with Crippen molar-refractivity contribution in [2.24, 2.45) is 10.9 Å². The molecular weight excluding hydrogens is 300 g/mol. The summed E-state index contributed by atoms with van der Waals surface area (Å²) in [7, 11) is 1.85. The van der Waals surface area contributed by atoms with Crippen molar-refractivity contribution < 1.29 is 0 Å². The average Bonchev–Trinajstić information content (AvgIpc) is 3.13. The van der Waals surface area contributed by atoms with Gasteiger partial charge in [0, 0.05) is 26.7 Å². The van der Waals surface area contributed by atoms with Crippen LogP contribution < -0.4 is 5.32 Å². The lowest BCUT2D eigenvalue weighted by Crippen LogP contribution is -2.48. The predicted octanol–water partition coefficient (Wildman–Crippen LogP) is 1.98.